The average Bonchev–Trinajstić information content (AvgIpc) is 3.05. The molecule has 2 spiro atoms. The van der Waals surface area contributed by atoms with Gasteiger partial charge in [0, 0.05) is 35.5 Å². The van der Waals surface area contributed by atoms with Crippen molar-refractivity contribution in [1.82, 2.24) is 5.32 Å². The van der Waals surface area contributed by atoms with Gasteiger partial charge in [0.25, 0.3) is 0 Å². The second kappa shape index (κ2) is 5.36. The summed E-state index contributed by atoms with van der Waals surface area (Å²) in [5, 5.41) is 26.6. The van der Waals surface area contributed by atoms with Gasteiger partial charge in [-0.2, -0.15) is 0 Å². The van der Waals surface area contributed by atoms with E-state index in [1.54, 1.807) is 13.2 Å². The normalized spacial score (nSPS) is 44.9. The topological polar surface area (TPSA) is 71.0 Å². The zero-order chi connectivity index (χ0) is 21.3. The van der Waals surface area contributed by atoms with E-state index in [-0.39, 0.29) is 34.0 Å². The van der Waals surface area contributed by atoms with Crippen LogP contribution in [0.5, 0.6) is 11.5 Å². The Morgan fingerprint density at radius 1 is 1.17 bits per heavy atom. The maximum atomic E-state index is 12.0. The molecule has 1 unspecified atom stereocenters. The molecule has 1 aromatic carbocycles. The number of rotatable bonds is 2. The van der Waals surface area contributed by atoms with E-state index in [2.05, 4.69) is 32.2 Å². The third-order valence-electron chi connectivity index (χ3n) is 10.4. The van der Waals surface area contributed by atoms with Crippen LogP contribution in [0.2, 0.25) is 0 Å². The van der Waals surface area contributed by atoms with E-state index in [1.807, 2.05) is 6.92 Å². The SMILES string of the molecule is COC12CC[C@]3(C[C@@H]1[C@](C)(O)C(C)(C)C)[C@H]1Cc4ccc(O)c5c4[C@@]3(CCN1)[C@H]2O5. The number of hydrogen-bond donors (Lipinski definition) is 3. The number of phenolic OH excluding ortho intramolecular Hbond substituents is 1. The van der Waals surface area contributed by atoms with Crippen LogP contribution in [0.1, 0.15) is 64.5 Å². The van der Waals surface area contributed by atoms with E-state index in [1.165, 1.54) is 11.1 Å². The van der Waals surface area contributed by atoms with Crippen LogP contribution in [0.3, 0.4) is 0 Å². The zero-order valence-corrected chi connectivity index (χ0v) is 18.8. The van der Waals surface area contributed by atoms with Crippen molar-refractivity contribution in [2.45, 2.75) is 88.6 Å². The summed E-state index contributed by atoms with van der Waals surface area (Å²) < 4.78 is 13.2. The van der Waals surface area contributed by atoms with Crippen LogP contribution >= 0.6 is 0 Å². The summed E-state index contributed by atoms with van der Waals surface area (Å²) in [7, 11) is 1.80. The van der Waals surface area contributed by atoms with E-state index < -0.39 is 11.2 Å². The van der Waals surface area contributed by atoms with E-state index in [0.29, 0.717) is 11.8 Å². The highest BCUT2D eigenvalue weighted by molar-refractivity contribution is 5.63. The molecule has 0 amide bonds. The molecule has 4 bridgehead atoms. The number of phenols is 1. The second-order valence-electron chi connectivity index (χ2n) is 11.8. The van der Waals surface area contributed by atoms with Crippen molar-refractivity contribution >= 4 is 0 Å². The number of piperidine rings is 1. The van der Waals surface area contributed by atoms with Gasteiger partial charge in [0.2, 0.25) is 0 Å². The molecule has 30 heavy (non-hydrogen) atoms. The highest BCUT2D eigenvalue weighted by Gasteiger charge is 2.81. The van der Waals surface area contributed by atoms with Gasteiger partial charge in [-0.15, -0.1) is 0 Å². The minimum Gasteiger partial charge on any atom is -0.504 e. The third kappa shape index (κ3) is 1.77. The highest BCUT2D eigenvalue weighted by Crippen LogP contribution is 2.77. The van der Waals surface area contributed by atoms with Crippen LogP contribution in [0.4, 0.5) is 0 Å². The summed E-state index contributed by atoms with van der Waals surface area (Å²) >= 11 is 0. The number of fused-ring (bicyclic) bond motifs is 2. The molecule has 4 aliphatic carbocycles. The predicted octanol–water partition coefficient (Wildman–Crippen LogP) is 3.29. The number of aromatic hydroxyl groups is 1. The van der Waals surface area contributed by atoms with E-state index in [9.17, 15) is 10.2 Å². The van der Waals surface area contributed by atoms with Crippen LogP contribution in [0, 0.1) is 16.7 Å². The molecule has 5 nitrogen and oxygen atoms in total. The molecule has 0 radical (unpaired) electrons. The Labute approximate surface area is 179 Å². The van der Waals surface area contributed by atoms with Gasteiger partial charge in [-0.05, 0) is 62.6 Å². The fraction of sp³-hybridized carbons (Fsp3) is 0.760. The second-order valence-corrected chi connectivity index (χ2v) is 11.8. The number of ether oxygens (including phenoxy) is 2. The van der Waals surface area contributed by atoms with Crippen LogP contribution in [-0.4, -0.2) is 47.2 Å². The van der Waals surface area contributed by atoms with Crippen molar-refractivity contribution in [3.05, 3.63) is 23.3 Å². The average molecular weight is 414 g/mol. The van der Waals surface area contributed by atoms with Gasteiger partial charge in [0.05, 0.1) is 5.60 Å². The minimum atomic E-state index is -0.910. The molecule has 1 aromatic rings. The van der Waals surface area contributed by atoms with Crippen LogP contribution in [0.15, 0.2) is 12.1 Å². The quantitative estimate of drug-likeness (QED) is 0.694. The molecule has 4 fully saturated rings. The van der Waals surface area contributed by atoms with Crippen molar-refractivity contribution in [2.24, 2.45) is 16.7 Å². The number of aliphatic hydroxyl groups is 1. The van der Waals surface area contributed by atoms with Gasteiger partial charge >= 0.3 is 0 Å². The Balaban J connectivity index is 1.65. The zero-order valence-electron chi connectivity index (χ0n) is 18.8. The lowest BCUT2D eigenvalue weighted by molar-refractivity contribution is -0.303. The van der Waals surface area contributed by atoms with Crippen LogP contribution in [-0.2, 0) is 16.6 Å². The summed E-state index contributed by atoms with van der Waals surface area (Å²) in [6, 6.07) is 4.26. The fourth-order valence-electron chi connectivity index (χ4n) is 8.53. The Kier molecular flexibility index (Phi) is 3.46. The molecule has 5 heteroatoms. The molecule has 2 heterocycles. The van der Waals surface area contributed by atoms with E-state index in [0.717, 1.165) is 38.6 Å². The highest BCUT2D eigenvalue weighted by atomic mass is 16.6. The fourth-order valence-corrected chi connectivity index (χ4v) is 8.53. The van der Waals surface area contributed by atoms with Gasteiger partial charge in [0.1, 0.15) is 11.7 Å². The molecule has 164 valence electrons. The largest absolute Gasteiger partial charge is 0.504 e. The minimum absolute atomic E-state index is 0.0160. The third-order valence-corrected chi connectivity index (χ3v) is 10.4. The van der Waals surface area contributed by atoms with Crippen LogP contribution < -0.4 is 10.1 Å². The Morgan fingerprint density at radius 3 is 2.63 bits per heavy atom. The molecule has 7 rings (SSSR count). The van der Waals surface area contributed by atoms with E-state index >= 15 is 0 Å². The van der Waals surface area contributed by atoms with Crippen LogP contribution in [0.25, 0.3) is 0 Å². The van der Waals surface area contributed by atoms with E-state index in [4.69, 9.17) is 9.47 Å². The smallest absolute Gasteiger partial charge is 0.165 e. The lowest BCUT2D eigenvalue weighted by atomic mass is 9.33. The standard InChI is InChI=1S/C25H35NO4/c1-21(2,3)22(4,28)16-13-23-8-9-25(16,29-5)20-24(23)10-11-26-17(23)12-14-6-7-15(27)19(30-20)18(14)24/h6-7,16-17,20,26-28H,8-13H2,1-5H3/t16-,17-,20-,22+,23+,24+,25?/m1/s1. The van der Waals surface area contributed by atoms with Gasteiger partial charge in [0.15, 0.2) is 11.5 Å². The monoisotopic (exact) mass is 413 g/mol. The molecule has 3 saturated carbocycles. The maximum absolute atomic E-state index is 12.0. The first-order valence-corrected chi connectivity index (χ1v) is 11.6. The lowest BCUT2D eigenvalue weighted by Gasteiger charge is -2.74. The molecule has 6 aliphatic rings. The van der Waals surface area contributed by atoms with Crippen molar-refractivity contribution in [3.63, 3.8) is 0 Å². The van der Waals surface area contributed by atoms with Gasteiger partial charge in [-0.25, -0.2) is 0 Å². The molecular formula is C25H35NO4. The summed E-state index contributed by atoms with van der Waals surface area (Å²) in [5.74, 6) is 0.887. The van der Waals surface area contributed by atoms with Crippen molar-refractivity contribution in [3.8, 4) is 11.5 Å². The predicted molar refractivity (Wildman–Crippen MR) is 114 cm³/mol. The Hall–Kier alpha value is -1.30. The number of nitrogens with one attached hydrogen (secondary N) is 1. The summed E-state index contributed by atoms with van der Waals surface area (Å²) in [6.45, 7) is 9.33. The molecule has 1 saturated heterocycles. The maximum Gasteiger partial charge on any atom is 0.165 e. The number of hydrogen-bond acceptors (Lipinski definition) is 5. The summed E-state index contributed by atoms with van der Waals surface area (Å²) in [4.78, 5) is 0. The number of benzene rings is 1. The first-order chi connectivity index (χ1) is 14.1. The van der Waals surface area contributed by atoms with Gasteiger partial charge in [-0.1, -0.05) is 26.8 Å². The van der Waals surface area contributed by atoms with Gasteiger partial charge in [-0.3, -0.25) is 0 Å². The van der Waals surface area contributed by atoms with Crippen molar-refractivity contribution in [2.75, 3.05) is 13.7 Å². The first kappa shape index (κ1) is 19.4. The molecular weight excluding hydrogens is 378 g/mol. The van der Waals surface area contributed by atoms with Gasteiger partial charge < -0.3 is 25.0 Å². The lowest BCUT2D eigenvalue weighted by Crippen LogP contribution is -2.83. The molecule has 2 aliphatic heterocycles. The molecule has 3 N–H and O–H groups in total. The summed E-state index contributed by atoms with van der Waals surface area (Å²) in [6.07, 6.45) is 4.66. The Bertz CT molecular complexity index is 936. The molecule has 0 aromatic heterocycles. The molecule has 7 atom stereocenters. The first-order valence-electron chi connectivity index (χ1n) is 11.6. The number of methoxy groups -OCH3 is 1. The van der Waals surface area contributed by atoms with Crippen molar-refractivity contribution < 1.29 is 19.7 Å². The van der Waals surface area contributed by atoms with Crippen molar-refractivity contribution in [1.29, 1.82) is 0 Å². The summed E-state index contributed by atoms with van der Waals surface area (Å²) in [5.41, 5.74) is 0.658. The Morgan fingerprint density at radius 2 is 1.93 bits per heavy atom.